The van der Waals surface area contributed by atoms with Crippen molar-refractivity contribution < 1.29 is 54.9 Å². The van der Waals surface area contributed by atoms with Crippen LogP contribution in [0.3, 0.4) is 0 Å². The number of hydrogen-bond acceptors (Lipinski definition) is 9. The van der Waals surface area contributed by atoms with E-state index in [9.17, 15) is 40.7 Å². The van der Waals surface area contributed by atoms with Crippen LogP contribution in [-0.4, -0.2) is 17.9 Å². The highest BCUT2D eigenvalue weighted by Gasteiger charge is 2.27. The van der Waals surface area contributed by atoms with Gasteiger partial charge in [0.2, 0.25) is 0 Å². The molecular formula is C87H93F6N3O6. The van der Waals surface area contributed by atoms with Gasteiger partial charge in [0.1, 0.15) is 68.8 Å². The second-order valence-corrected chi connectivity index (χ2v) is 26.2. The van der Waals surface area contributed by atoms with E-state index in [4.69, 9.17) is 30.0 Å². The van der Waals surface area contributed by atoms with Crippen LogP contribution in [0.1, 0.15) is 276 Å². The third kappa shape index (κ3) is 25.7. The number of esters is 3. The Bertz CT molecular complexity index is 4000. The predicted molar refractivity (Wildman–Crippen MR) is 389 cm³/mol. The summed E-state index contributed by atoms with van der Waals surface area (Å²) in [6.07, 6.45) is 50.3. The summed E-state index contributed by atoms with van der Waals surface area (Å²) >= 11 is 0. The number of rotatable bonds is 33. The van der Waals surface area contributed by atoms with Crippen molar-refractivity contribution in [3.8, 4) is 35.5 Å². The molecule has 0 radical (unpaired) electrons. The highest BCUT2D eigenvalue weighted by molar-refractivity contribution is 5.93. The molecule has 102 heavy (non-hydrogen) atoms. The summed E-state index contributed by atoms with van der Waals surface area (Å²) in [4.78, 5) is 37.0. The van der Waals surface area contributed by atoms with Crippen LogP contribution in [0.4, 0.5) is 26.3 Å². The summed E-state index contributed by atoms with van der Waals surface area (Å²) in [5.41, 5.74) is 4.31. The van der Waals surface area contributed by atoms with Crippen LogP contribution in [0.25, 0.3) is 0 Å². The van der Waals surface area contributed by atoms with Crippen molar-refractivity contribution in [2.45, 2.75) is 212 Å². The van der Waals surface area contributed by atoms with Crippen molar-refractivity contribution in [3.05, 3.63) is 266 Å². The maximum Gasteiger partial charge on any atom is 0.349 e. The van der Waals surface area contributed by atoms with E-state index in [0.717, 1.165) is 38.5 Å². The van der Waals surface area contributed by atoms with E-state index >= 15 is 0 Å². The largest absolute Gasteiger partial charge is 0.423 e. The first-order valence-corrected chi connectivity index (χ1v) is 36.3. The maximum absolute atomic E-state index is 14.7. The minimum atomic E-state index is -1.11. The summed E-state index contributed by atoms with van der Waals surface area (Å²) in [7, 11) is 0. The van der Waals surface area contributed by atoms with Gasteiger partial charge in [-0.25, -0.2) is 40.7 Å². The number of carbonyl (C=O) groups is 3. The molecule has 0 saturated heterocycles. The van der Waals surface area contributed by atoms with E-state index in [-0.39, 0.29) is 35.0 Å². The van der Waals surface area contributed by atoms with E-state index in [1.807, 2.05) is 48.6 Å². The van der Waals surface area contributed by atoms with Gasteiger partial charge >= 0.3 is 17.9 Å². The van der Waals surface area contributed by atoms with Crippen molar-refractivity contribution >= 4 is 17.9 Å². The molecule has 0 aliphatic heterocycles. The second kappa shape index (κ2) is 43.1. The predicted octanol–water partition coefficient (Wildman–Crippen LogP) is 24.5. The molecule has 3 unspecified atom stereocenters. The zero-order chi connectivity index (χ0) is 73.0. The monoisotopic (exact) mass is 1390 g/mol. The second-order valence-electron chi connectivity index (χ2n) is 26.2. The first-order chi connectivity index (χ1) is 49.5. The quantitative estimate of drug-likeness (QED) is 0.0170. The fourth-order valence-corrected chi connectivity index (χ4v) is 12.4. The number of nitriles is 3. The molecule has 534 valence electrons. The molecule has 9 nitrogen and oxygen atoms in total. The van der Waals surface area contributed by atoms with E-state index < -0.39 is 69.5 Å². The van der Waals surface area contributed by atoms with Crippen molar-refractivity contribution in [1.29, 1.82) is 15.8 Å². The Balaban J connectivity index is 0.000000215. The molecule has 0 fully saturated rings. The number of nitrogens with zero attached hydrogens (tertiary/aromatic N) is 3. The number of halogens is 6. The SMILES string of the molecule is CCCCCCCCC1=CCC(c2cc(F)c(C(=O)Oc3ccc(C#N)cc3)c(F)c2)C=C1.CCCCCCCCCC1=CCC(c2cc(F)c(C(=O)Oc3ccc(C#N)cc3)c(F)c2)C=C1.CCCCCCCCCCC1=CCC(c2cc(F)c(C(=O)Oc3ccc(C#N)cc3)c(F)c2)C=C1. The fourth-order valence-electron chi connectivity index (χ4n) is 12.4. The van der Waals surface area contributed by atoms with Crippen LogP contribution in [0, 0.1) is 68.9 Å². The lowest BCUT2D eigenvalue weighted by Gasteiger charge is -2.18. The highest BCUT2D eigenvalue weighted by Crippen LogP contribution is 2.35. The standard InChI is InChI=1S/C30H33F2NO2.C29H31F2NO2.C28H29F2NO2/c1-2-3-4-5-6-7-8-9-10-22-11-15-24(16-12-22)25-19-27(31)29(28(32)20-25)30(34)35-26-17-13-23(21-33)14-18-26;1-2-3-4-5-6-7-8-9-21-10-14-23(15-11-21)24-18-26(30)28(27(31)19-24)29(33)34-25-16-12-22(20-32)13-17-25;1-2-3-4-5-6-7-8-20-9-13-22(14-10-20)23-17-25(29)27(26(30)18-23)28(32)33-24-15-11-21(19-31)12-16-24/h11-15,17-20,24H,2-10,16H2,1H3;10-14,16-19,23H,2-9,15H2,1H3;9-13,15-18,22H,2-8,14H2,1H3. The first-order valence-electron chi connectivity index (χ1n) is 36.3. The molecule has 6 aromatic carbocycles. The number of benzene rings is 6. The molecule has 6 aromatic rings. The van der Waals surface area contributed by atoms with Gasteiger partial charge in [-0.3, -0.25) is 0 Å². The zero-order valence-corrected chi connectivity index (χ0v) is 59.0. The highest BCUT2D eigenvalue weighted by atomic mass is 19.2. The van der Waals surface area contributed by atoms with E-state index in [1.165, 1.54) is 241 Å². The Morgan fingerprint density at radius 1 is 0.343 bits per heavy atom. The van der Waals surface area contributed by atoms with Crippen molar-refractivity contribution in [1.82, 2.24) is 0 Å². The molecule has 3 aliphatic rings. The van der Waals surface area contributed by atoms with Crippen LogP contribution in [0.2, 0.25) is 0 Å². The lowest BCUT2D eigenvalue weighted by molar-refractivity contribution is 0.0714. The van der Waals surface area contributed by atoms with E-state index in [2.05, 4.69) is 45.1 Å². The molecule has 15 heteroatoms. The molecule has 3 aliphatic carbocycles. The smallest absolute Gasteiger partial charge is 0.349 e. The minimum absolute atomic E-state index is 0.111. The third-order valence-electron chi connectivity index (χ3n) is 18.4. The molecule has 9 rings (SSSR count). The van der Waals surface area contributed by atoms with Gasteiger partial charge < -0.3 is 14.2 Å². The maximum atomic E-state index is 14.7. The Morgan fingerprint density at radius 2 is 0.559 bits per heavy atom. The lowest BCUT2D eigenvalue weighted by Crippen LogP contribution is -2.14. The normalized spacial score (nSPS) is 15.0. The van der Waals surface area contributed by atoms with Gasteiger partial charge in [-0.1, -0.05) is 208 Å². The number of carbonyl (C=O) groups excluding carboxylic acids is 3. The Kier molecular flexibility index (Phi) is 33.6. The molecule has 0 amide bonds. The minimum Gasteiger partial charge on any atom is -0.423 e. The number of ether oxygens (including phenoxy) is 3. The van der Waals surface area contributed by atoms with Crippen LogP contribution < -0.4 is 14.2 Å². The topological polar surface area (TPSA) is 150 Å². The van der Waals surface area contributed by atoms with Crippen LogP contribution in [-0.2, 0) is 0 Å². The van der Waals surface area contributed by atoms with Crippen LogP contribution >= 0.6 is 0 Å². The van der Waals surface area contributed by atoms with Crippen molar-refractivity contribution in [2.24, 2.45) is 0 Å². The van der Waals surface area contributed by atoms with Gasteiger partial charge in [-0.15, -0.1) is 0 Å². The van der Waals surface area contributed by atoms with Gasteiger partial charge in [-0.05, 0) is 184 Å². The summed E-state index contributed by atoms with van der Waals surface area (Å²) in [6, 6.07) is 30.3. The Hall–Kier alpha value is -9.78. The molecule has 0 heterocycles. The van der Waals surface area contributed by atoms with Gasteiger partial charge in [0.25, 0.3) is 0 Å². The first kappa shape index (κ1) is 79.5. The third-order valence-corrected chi connectivity index (χ3v) is 18.4. The van der Waals surface area contributed by atoms with Crippen LogP contribution in [0.15, 0.2) is 181 Å². The number of hydrogen-bond donors (Lipinski definition) is 0. The van der Waals surface area contributed by atoms with Crippen molar-refractivity contribution in [3.63, 3.8) is 0 Å². The van der Waals surface area contributed by atoms with Gasteiger partial charge in [-0.2, -0.15) is 15.8 Å². The summed E-state index contributed by atoms with van der Waals surface area (Å²) in [6.45, 7) is 6.66. The molecule has 0 aromatic heterocycles. The number of allylic oxidation sites excluding steroid dienone is 12. The van der Waals surface area contributed by atoms with Gasteiger partial charge in [0, 0.05) is 17.8 Å². The Morgan fingerprint density at radius 3 is 0.755 bits per heavy atom. The zero-order valence-electron chi connectivity index (χ0n) is 59.0. The molecule has 0 saturated carbocycles. The summed E-state index contributed by atoms with van der Waals surface area (Å²) in [5.74, 6) is -9.06. The molecule has 3 atom stereocenters. The molecular weight excluding hydrogens is 1300 g/mol. The van der Waals surface area contributed by atoms with Crippen LogP contribution in [0.5, 0.6) is 17.2 Å². The average molecular weight is 1390 g/mol. The number of unbranched alkanes of at least 4 members (excludes halogenated alkanes) is 18. The van der Waals surface area contributed by atoms with Gasteiger partial charge in [0.15, 0.2) is 0 Å². The summed E-state index contributed by atoms with van der Waals surface area (Å²) < 4.78 is 103. The van der Waals surface area contributed by atoms with E-state index in [1.54, 1.807) is 0 Å². The molecule has 0 spiro atoms. The van der Waals surface area contributed by atoms with Crippen molar-refractivity contribution in [2.75, 3.05) is 0 Å². The summed E-state index contributed by atoms with van der Waals surface area (Å²) in [5, 5.41) is 26.5. The van der Waals surface area contributed by atoms with Gasteiger partial charge in [0.05, 0.1) is 34.9 Å². The fraction of sp³-hybridized carbons (Fsp3) is 0.379. The molecule has 0 N–H and O–H groups in total. The lowest BCUT2D eigenvalue weighted by atomic mass is 9.88. The Labute approximate surface area is 598 Å². The average Bonchev–Trinajstić information content (AvgIpc) is 0.817. The molecule has 0 bridgehead atoms. The van der Waals surface area contributed by atoms with E-state index in [0.29, 0.717) is 52.6 Å².